The summed E-state index contributed by atoms with van der Waals surface area (Å²) in [6.45, 7) is 3.02. The third-order valence-corrected chi connectivity index (χ3v) is 5.09. The van der Waals surface area contributed by atoms with Gasteiger partial charge in [0, 0.05) is 27.7 Å². The summed E-state index contributed by atoms with van der Waals surface area (Å²) in [6, 6.07) is -3.21. The fourth-order valence-corrected chi connectivity index (χ4v) is 3.55. The molecule has 226 valence electrons. The van der Waals surface area contributed by atoms with Crippen LogP contribution in [-0.2, 0) is 52.5 Å². The zero-order valence-electron chi connectivity index (χ0n) is 21.6. The van der Waals surface area contributed by atoms with E-state index in [-0.39, 0.29) is 0 Å². The molecule has 0 aliphatic carbocycles. The van der Waals surface area contributed by atoms with Crippen molar-refractivity contribution in [2.45, 2.75) is 74.5 Å². The van der Waals surface area contributed by atoms with Crippen LogP contribution in [0.1, 0.15) is 34.1 Å². The van der Waals surface area contributed by atoms with Gasteiger partial charge < -0.3 is 44.7 Å². The van der Waals surface area contributed by atoms with Gasteiger partial charge >= 0.3 is 30.0 Å². The highest BCUT2D eigenvalue weighted by atomic mass is 35.6. The first-order chi connectivity index (χ1) is 18.4. The molecule has 0 bridgehead atoms. The second-order valence-corrected chi connectivity index (χ2v) is 10.8. The number of halogens is 3. The van der Waals surface area contributed by atoms with E-state index in [0.717, 1.165) is 27.7 Å². The van der Waals surface area contributed by atoms with Crippen molar-refractivity contribution in [1.29, 1.82) is 0 Å². The molecule has 1 heterocycles. The summed E-state index contributed by atoms with van der Waals surface area (Å²) >= 11 is 16.4. The normalized spacial score (nSPS) is 23.0. The first-order valence-corrected chi connectivity index (χ1v) is 12.5. The smallest absolute Gasteiger partial charge is 0.408 e. The van der Waals surface area contributed by atoms with E-state index in [9.17, 15) is 38.7 Å². The molecule has 0 saturated carbocycles. The third kappa shape index (κ3) is 12.8. The van der Waals surface area contributed by atoms with Crippen LogP contribution in [0.15, 0.2) is 0 Å². The lowest BCUT2D eigenvalue weighted by atomic mass is 9.95. The number of hydrogen-bond acceptors (Lipinski definition) is 12. The van der Waals surface area contributed by atoms with Crippen molar-refractivity contribution in [1.82, 2.24) is 16.0 Å². The van der Waals surface area contributed by atoms with Crippen molar-refractivity contribution in [2.24, 2.45) is 0 Å². The fraction of sp³-hybridized carbons (Fsp3) is 0.667. The molecule has 0 aromatic rings. The molecule has 40 heavy (non-hydrogen) atoms. The molecule has 0 aromatic carbocycles. The second kappa shape index (κ2) is 15.6. The lowest BCUT2D eigenvalue weighted by molar-refractivity contribution is -0.228. The number of ether oxygens (including phenoxy) is 5. The number of aliphatic carboxylic acids is 1. The Hall–Kier alpha value is -3.08. The van der Waals surface area contributed by atoms with Crippen LogP contribution >= 0.6 is 34.8 Å². The van der Waals surface area contributed by atoms with Gasteiger partial charge in [-0.2, -0.15) is 0 Å². The summed E-state index contributed by atoms with van der Waals surface area (Å²) in [5.41, 5.74) is 0. The molecule has 1 aliphatic heterocycles. The molecule has 1 aliphatic rings. The van der Waals surface area contributed by atoms with E-state index in [0.29, 0.717) is 0 Å². The summed E-state index contributed by atoms with van der Waals surface area (Å²) in [7, 11) is 0. The zero-order chi connectivity index (χ0) is 30.8. The standard InChI is InChI=1S/C21H28Cl3N3O13/c1-8(28)25-15-17(39-11(4)31)16(38-10(3)30)13(6-36-9(2)29)40-18(15)27-14(32)5-12(19(33)34)26-20(35)37-7-21(22,23)24/h12-13,15-18H,5-7H2,1-4H3,(H,25,28)(H,26,35)(H,27,32)(H,33,34)/t12-,13+,15+,16+,17+,18+/m0/s1. The van der Waals surface area contributed by atoms with Crippen LogP contribution in [-0.4, -0.2) is 101 Å². The quantitative estimate of drug-likeness (QED) is 0.130. The molecule has 4 N–H and O–H groups in total. The highest BCUT2D eigenvalue weighted by Gasteiger charge is 2.51. The van der Waals surface area contributed by atoms with E-state index in [4.69, 9.17) is 53.8 Å². The summed E-state index contributed by atoms with van der Waals surface area (Å²) in [6.07, 6.45) is -7.93. The maximum Gasteiger partial charge on any atom is 0.408 e. The summed E-state index contributed by atoms with van der Waals surface area (Å²) in [5.74, 6) is -5.78. The molecular weight excluding hydrogens is 609 g/mol. The van der Waals surface area contributed by atoms with Crippen LogP contribution in [0.4, 0.5) is 4.79 Å². The maximum absolute atomic E-state index is 12.8. The Labute approximate surface area is 242 Å². The van der Waals surface area contributed by atoms with E-state index in [1.807, 2.05) is 5.32 Å². The molecule has 1 fully saturated rings. The number of nitrogens with one attached hydrogen (secondary N) is 3. The molecule has 1 rings (SSSR count). The zero-order valence-corrected chi connectivity index (χ0v) is 23.8. The van der Waals surface area contributed by atoms with Crippen LogP contribution in [0, 0.1) is 0 Å². The predicted octanol–water partition coefficient (Wildman–Crippen LogP) is -0.302. The molecule has 0 unspecified atom stereocenters. The Bertz CT molecular complexity index is 991. The number of rotatable bonds is 11. The number of alkyl halides is 3. The molecule has 0 aromatic heterocycles. The molecule has 3 amide bonds. The minimum absolute atomic E-state index is 0.529. The lowest BCUT2D eigenvalue weighted by Gasteiger charge is -2.45. The molecule has 16 nitrogen and oxygen atoms in total. The Balaban J connectivity index is 3.23. The van der Waals surface area contributed by atoms with Crippen LogP contribution < -0.4 is 16.0 Å². The van der Waals surface area contributed by atoms with E-state index < -0.39 is 102 Å². The highest BCUT2D eigenvalue weighted by Crippen LogP contribution is 2.27. The first kappa shape index (κ1) is 34.9. The number of esters is 3. The van der Waals surface area contributed by atoms with Gasteiger partial charge in [0.1, 0.15) is 31.4 Å². The van der Waals surface area contributed by atoms with Crippen molar-refractivity contribution in [3.63, 3.8) is 0 Å². The Morgan fingerprint density at radius 2 is 1.45 bits per heavy atom. The molecule has 19 heteroatoms. The number of carbonyl (C=O) groups is 7. The van der Waals surface area contributed by atoms with Crippen molar-refractivity contribution < 1.29 is 62.4 Å². The van der Waals surface area contributed by atoms with Crippen molar-refractivity contribution in [3.05, 3.63) is 0 Å². The third-order valence-electron chi connectivity index (χ3n) is 4.77. The monoisotopic (exact) mass is 635 g/mol. The van der Waals surface area contributed by atoms with Crippen LogP contribution in [0.3, 0.4) is 0 Å². The van der Waals surface area contributed by atoms with Gasteiger partial charge in [-0.25, -0.2) is 9.59 Å². The average Bonchev–Trinajstić information content (AvgIpc) is 2.78. The van der Waals surface area contributed by atoms with Gasteiger partial charge in [0.15, 0.2) is 18.4 Å². The van der Waals surface area contributed by atoms with Crippen LogP contribution in [0.25, 0.3) is 0 Å². The highest BCUT2D eigenvalue weighted by molar-refractivity contribution is 6.67. The van der Waals surface area contributed by atoms with Gasteiger partial charge in [0.25, 0.3) is 0 Å². The number of carboxylic acids is 1. The van der Waals surface area contributed by atoms with Gasteiger partial charge in [-0.3, -0.25) is 24.0 Å². The van der Waals surface area contributed by atoms with E-state index >= 15 is 0 Å². The van der Waals surface area contributed by atoms with Crippen molar-refractivity contribution in [3.8, 4) is 0 Å². The SMILES string of the molecule is CC(=O)N[C@@H]1[C@@H](OC(C)=O)[C@H](OC(C)=O)[C@@H](COC(C)=O)O[C@H]1NC(=O)C[C@H](NC(=O)OCC(Cl)(Cl)Cl)C(=O)O. The van der Waals surface area contributed by atoms with Crippen molar-refractivity contribution >= 4 is 76.6 Å². The largest absolute Gasteiger partial charge is 0.480 e. The van der Waals surface area contributed by atoms with E-state index in [2.05, 4.69) is 15.4 Å². The Kier molecular flexibility index (Phi) is 13.7. The molecular formula is C21H28Cl3N3O13. The predicted molar refractivity (Wildman–Crippen MR) is 133 cm³/mol. The Morgan fingerprint density at radius 1 is 0.875 bits per heavy atom. The van der Waals surface area contributed by atoms with Gasteiger partial charge in [-0.05, 0) is 0 Å². The summed E-state index contributed by atoms with van der Waals surface area (Å²) in [5, 5.41) is 16.1. The van der Waals surface area contributed by atoms with E-state index in [1.54, 1.807) is 0 Å². The molecule has 0 spiro atoms. The summed E-state index contributed by atoms with van der Waals surface area (Å²) < 4.78 is 23.8. The average molecular weight is 637 g/mol. The molecule has 1 saturated heterocycles. The minimum Gasteiger partial charge on any atom is -0.480 e. The number of carboxylic acid groups (broad SMARTS) is 1. The van der Waals surface area contributed by atoms with Crippen molar-refractivity contribution in [2.75, 3.05) is 13.2 Å². The van der Waals surface area contributed by atoms with Gasteiger partial charge in [0.2, 0.25) is 15.6 Å². The van der Waals surface area contributed by atoms with Crippen LogP contribution in [0.2, 0.25) is 0 Å². The molecule has 6 atom stereocenters. The number of amides is 3. The van der Waals surface area contributed by atoms with Gasteiger partial charge in [-0.15, -0.1) is 0 Å². The number of carbonyl (C=O) groups excluding carboxylic acids is 6. The Morgan fingerprint density at radius 3 is 1.93 bits per heavy atom. The first-order valence-electron chi connectivity index (χ1n) is 11.3. The topological polar surface area (TPSA) is 222 Å². The van der Waals surface area contributed by atoms with Gasteiger partial charge in [0.05, 0.1) is 6.42 Å². The van der Waals surface area contributed by atoms with Gasteiger partial charge in [-0.1, -0.05) is 34.8 Å². The summed E-state index contributed by atoms with van der Waals surface area (Å²) in [4.78, 5) is 83.3. The number of hydrogen-bond donors (Lipinski definition) is 4. The maximum atomic E-state index is 12.8. The number of alkyl carbamates (subject to hydrolysis) is 1. The lowest BCUT2D eigenvalue weighted by Crippen LogP contribution is -2.69. The minimum atomic E-state index is -1.98. The van der Waals surface area contributed by atoms with E-state index in [1.165, 1.54) is 0 Å². The molecule has 0 radical (unpaired) electrons. The second-order valence-electron chi connectivity index (χ2n) is 8.27. The fourth-order valence-electron chi connectivity index (χ4n) is 3.39. The van der Waals surface area contributed by atoms with Crippen LogP contribution in [0.5, 0.6) is 0 Å².